The number of aliphatic hydroxyl groups is 1. The Morgan fingerprint density at radius 2 is 1.91 bits per heavy atom. The molecule has 10 atom stereocenters. The van der Waals surface area contributed by atoms with Gasteiger partial charge in [-0.05, 0) is 37.0 Å². The summed E-state index contributed by atoms with van der Waals surface area (Å²) in [5, 5.41) is 12.8. The van der Waals surface area contributed by atoms with Crippen LogP contribution < -0.4 is 0 Å². The van der Waals surface area contributed by atoms with Gasteiger partial charge in [0.1, 0.15) is 23.9 Å². The Morgan fingerprint density at radius 1 is 1.14 bits per heavy atom. The van der Waals surface area contributed by atoms with Crippen LogP contribution in [0.3, 0.4) is 0 Å². The smallest absolute Gasteiger partial charge is 0.340 e. The number of pyridine rings is 1. The second kappa shape index (κ2) is 9.23. The molecule has 0 radical (unpaired) electrons. The Morgan fingerprint density at radius 3 is 2.57 bits per heavy atom. The van der Waals surface area contributed by atoms with Gasteiger partial charge in [-0.25, -0.2) is 4.79 Å². The van der Waals surface area contributed by atoms with E-state index in [0.29, 0.717) is 12.8 Å². The Kier molecular flexibility index (Phi) is 6.12. The zero-order valence-corrected chi connectivity index (χ0v) is 25.4. The van der Waals surface area contributed by atoms with Crippen LogP contribution in [0.1, 0.15) is 75.4 Å². The van der Waals surface area contributed by atoms with Gasteiger partial charge in [-0.3, -0.25) is 19.4 Å². The molecule has 0 amide bonds. The van der Waals surface area contributed by atoms with E-state index in [1.165, 1.54) is 31.8 Å². The predicted molar refractivity (Wildman–Crippen MR) is 149 cm³/mol. The molecule has 3 aliphatic carbocycles. The van der Waals surface area contributed by atoms with Crippen molar-refractivity contribution < 1.29 is 47.6 Å². The quantitative estimate of drug-likeness (QED) is 0.301. The topological polar surface area (TPSA) is 155 Å². The van der Waals surface area contributed by atoms with E-state index in [0.717, 1.165) is 5.56 Å². The summed E-state index contributed by atoms with van der Waals surface area (Å²) >= 11 is 0. The van der Waals surface area contributed by atoms with Crippen molar-refractivity contribution in [2.45, 2.75) is 82.9 Å². The average Bonchev–Trinajstić information content (AvgIpc) is 3.49. The van der Waals surface area contributed by atoms with Crippen molar-refractivity contribution in [1.82, 2.24) is 4.98 Å². The monoisotopic (exact) mass is 607 g/mol. The maximum absolute atomic E-state index is 14.8. The van der Waals surface area contributed by atoms with Crippen molar-refractivity contribution in [1.29, 1.82) is 0 Å². The molecule has 2 aromatic heterocycles. The first-order chi connectivity index (χ1) is 20.8. The largest absolute Gasteiger partial charge is 0.472 e. The van der Waals surface area contributed by atoms with E-state index >= 15 is 0 Å². The lowest BCUT2D eigenvalue weighted by Crippen LogP contribution is -2.80. The number of epoxide rings is 1. The number of Topliss-reactive ketones (excluding diaryl/α,β-unsaturated/α-hetero) is 1. The third kappa shape index (κ3) is 3.48. The van der Waals surface area contributed by atoms with E-state index in [4.69, 9.17) is 23.4 Å². The molecule has 2 aromatic rings. The van der Waals surface area contributed by atoms with Crippen LogP contribution in [0.5, 0.6) is 0 Å². The summed E-state index contributed by atoms with van der Waals surface area (Å²) in [6.07, 6.45) is 3.97. The SMILES string of the molecule is COC(=O)CC1C(C)(C)C(OC(=O)c2cccnc2)C2(O)C(=O)C1(C)C1CCC3(C)C(c4ccoc4)OC(=O)CC3C13OC23. The number of ether oxygens (including phenoxy) is 4. The lowest BCUT2D eigenvalue weighted by atomic mass is 9.36. The Hall–Kier alpha value is -3.57. The third-order valence-corrected chi connectivity index (χ3v) is 12.0. The molecular weight excluding hydrogens is 570 g/mol. The highest BCUT2D eigenvalue weighted by molar-refractivity contribution is 5.99. The van der Waals surface area contributed by atoms with Crippen LogP contribution in [0.25, 0.3) is 0 Å². The van der Waals surface area contributed by atoms with E-state index in [-0.39, 0.29) is 18.4 Å². The molecule has 2 bridgehead atoms. The molecule has 5 aliphatic rings. The summed E-state index contributed by atoms with van der Waals surface area (Å²) in [6.45, 7) is 7.48. The number of esters is 3. The van der Waals surface area contributed by atoms with Gasteiger partial charge in [-0.1, -0.05) is 27.7 Å². The number of hydrogen-bond donors (Lipinski definition) is 1. The minimum absolute atomic E-state index is 0.0312. The van der Waals surface area contributed by atoms with Crippen molar-refractivity contribution in [3.05, 3.63) is 54.2 Å². The molecule has 44 heavy (non-hydrogen) atoms. The third-order valence-electron chi connectivity index (χ3n) is 12.0. The van der Waals surface area contributed by atoms with Crippen LogP contribution in [0, 0.1) is 34.0 Å². The van der Waals surface area contributed by atoms with Crippen molar-refractivity contribution in [2.24, 2.45) is 34.0 Å². The van der Waals surface area contributed by atoms with Crippen molar-refractivity contribution in [3.63, 3.8) is 0 Å². The fourth-order valence-electron chi connectivity index (χ4n) is 10.1. The molecule has 2 aliphatic heterocycles. The Balaban J connectivity index is 1.38. The summed E-state index contributed by atoms with van der Waals surface area (Å²) in [4.78, 5) is 58.4. The van der Waals surface area contributed by atoms with Crippen molar-refractivity contribution in [2.75, 3.05) is 7.11 Å². The second-order valence-corrected chi connectivity index (χ2v) is 14.3. The van der Waals surface area contributed by atoms with Gasteiger partial charge < -0.3 is 28.5 Å². The molecule has 3 saturated carbocycles. The van der Waals surface area contributed by atoms with Crippen LogP contribution in [-0.2, 0) is 33.3 Å². The second-order valence-electron chi connectivity index (χ2n) is 14.3. The maximum Gasteiger partial charge on any atom is 0.340 e. The summed E-state index contributed by atoms with van der Waals surface area (Å²) in [5.41, 5.74) is -5.43. The van der Waals surface area contributed by atoms with Crippen LogP contribution in [0.2, 0.25) is 0 Å². The van der Waals surface area contributed by atoms with Crippen LogP contribution in [-0.4, -0.2) is 64.3 Å². The fourth-order valence-corrected chi connectivity index (χ4v) is 10.1. The fraction of sp³-hybridized carbons (Fsp3) is 0.606. The number of cyclic esters (lactones) is 1. The van der Waals surface area contributed by atoms with Gasteiger partial charge in [0.05, 0.1) is 31.6 Å². The molecule has 4 heterocycles. The standard InChI is InChI=1S/C33H37NO10/c1-29(2)20(13-22(35)40-5)31(4)19-8-10-30(3)21(14-23(36)42-24(30)18-9-12-41-16-18)33(19)28(44-33)32(39,26(31)38)27(29)43-25(37)17-7-6-11-34-15-17/h6-7,9,11-12,15-16,19-21,24,27-28,39H,8,10,13-14H2,1-5H3. The number of methoxy groups -OCH3 is 1. The minimum atomic E-state index is -2.25. The van der Waals surface area contributed by atoms with Gasteiger partial charge in [0.15, 0.2) is 11.4 Å². The first-order valence-electron chi connectivity index (χ1n) is 15.1. The van der Waals surface area contributed by atoms with Crippen LogP contribution >= 0.6 is 0 Å². The molecule has 2 saturated heterocycles. The number of fused-ring (bicyclic) bond motifs is 5. The Bertz CT molecular complexity index is 1540. The number of rotatable bonds is 5. The van der Waals surface area contributed by atoms with E-state index in [1.54, 1.807) is 25.3 Å². The van der Waals surface area contributed by atoms with Crippen molar-refractivity contribution in [3.8, 4) is 0 Å². The highest BCUT2D eigenvalue weighted by Crippen LogP contribution is 2.78. The van der Waals surface area contributed by atoms with Gasteiger partial charge in [0.2, 0.25) is 0 Å². The average molecular weight is 608 g/mol. The molecule has 10 unspecified atom stereocenters. The molecule has 0 aromatic carbocycles. The lowest BCUT2D eigenvalue weighted by Gasteiger charge is -2.66. The van der Waals surface area contributed by atoms with Gasteiger partial charge in [-0.2, -0.15) is 0 Å². The highest BCUT2D eigenvalue weighted by Gasteiger charge is 2.90. The molecule has 5 fully saturated rings. The number of nitrogens with zero attached hydrogens (tertiary/aromatic N) is 1. The van der Waals surface area contributed by atoms with Crippen molar-refractivity contribution >= 4 is 23.7 Å². The van der Waals surface area contributed by atoms with Crippen LogP contribution in [0.15, 0.2) is 47.5 Å². The first kappa shape index (κ1) is 29.2. The normalized spacial score (nSPS) is 43.0. The molecule has 7 rings (SSSR count). The number of furan rings is 1. The van der Waals surface area contributed by atoms with Gasteiger partial charge in [-0.15, -0.1) is 0 Å². The van der Waals surface area contributed by atoms with E-state index < -0.39 is 87.2 Å². The number of hydrogen-bond acceptors (Lipinski definition) is 11. The zero-order valence-electron chi connectivity index (χ0n) is 25.4. The number of aromatic nitrogens is 1. The minimum Gasteiger partial charge on any atom is -0.472 e. The summed E-state index contributed by atoms with van der Waals surface area (Å²) in [7, 11) is 1.29. The van der Waals surface area contributed by atoms with E-state index in [2.05, 4.69) is 11.9 Å². The number of carbonyl (C=O) groups is 4. The number of carbonyl (C=O) groups excluding carboxylic acids is 4. The van der Waals surface area contributed by atoms with E-state index in [9.17, 15) is 24.3 Å². The summed E-state index contributed by atoms with van der Waals surface area (Å²) in [5.74, 6) is -3.76. The molecular formula is C33H37NO10. The highest BCUT2D eigenvalue weighted by atomic mass is 16.6. The first-order valence-corrected chi connectivity index (χ1v) is 15.1. The summed E-state index contributed by atoms with van der Waals surface area (Å²) in [6, 6.07) is 4.90. The van der Waals surface area contributed by atoms with Gasteiger partial charge >= 0.3 is 17.9 Å². The molecule has 234 valence electrons. The molecule has 1 N–H and O–H groups in total. The maximum atomic E-state index is 14.8. The summed E-state index contributed by atoms with van der Waals surface area (Å²) < 4.78 is 29.1. The van der Waals surface area contributed by atoms with E-state index in [1.807, 2.05) is 13.8 Å². The van der Waals surface area contributed by atoms with Crippen LogP contribution in [0.4, 0.5) is 0 Å². The molecule has 11 heteroatoms. The lowest BCUT2D eigenvalue weighted by molar-refractivity contribution is -0.245. The predicted octanol–water partition coefficient (Wildman–Crippen LogP) is 3.60. The number of ketones is 1. The van der Waals surface area contributed by atoms with Gasteiger partial charge in [0, 0.05) is 52.5 Å². The molecule has 1 spiro atoms. The zero-order chi connectivity index (χ0) is 31.4. The Labute approximate surface area is 254 Å². The molecule has 11 nitrogen and oxygen atoms in total. The van der Waals surface area contributed by atoms with Gasteiger partial charge in [0.25, 0.3) is 0 Å².